The van der Waals surface area contributed by atoms with E-state index in [9.17, 15) is 24.9 Å². The molecule has 3 spiro atoms. The standard InChI is InChI=1S/C60H86O20/c1-27-14-33-8-10-37-28(2)15-35(67-37)12-13-57-26-60(65,66-7)56(80-57)46-20-45(76-57)55-38(70-46)11-9-34(69-55)16-50(64)74-54-32(6)53-43(71-42(54)18-39(68-33)31(27)5)19-41-47(73-53)24-59(75-41)25-48-52(79-59)30(4)23-58(78-48)22-29(3)51-44(77-58)17-36(61)40(72-51)21-49(62)63/h27,29-30,32-48,51-56,61,65H,2,5,8-26H2,1,3-4,6-7H3,(H,62,63)/t27-,29+,30+,32+,33?,34?,35?,36-,37?,38?,39?,40?,41-,42+,43+,44+,45?,46?,47-,48?,51?,52?,53+,54?,55+,56?,57-,58-,59+,60-/m1/s1. The molecule has 80 heavy (non-hydrogen) atoms. The summed E-state index contributed by atoms with van der Waals surface area (Å²) in [6.07, 6.45) is -0.0865. The van der Waals surface area contributed by atoms with Crippen LogP contribution in [0.4, 0.5) is 0 Å². The highest BCUT2D eigenvalue weighted by Gasteiger charge is 2.68. The average Bonchev–Trinajstić information content (AvgIpc) is 4.31. The minimum Gasteiger partial charge on any atom is -0.481 e. The molecule has 0 amide bonds. The van der Waals surface area contributed by atoms with Gasteiger partial charge in [0.25, 0.3) is 0 Å². The zero-order chi connectivity index (χ0) is 55.4. The fraction of sp³-hybridized carbons (Fsp3) is 0.900. The molecule has 10 bridgehead atoms. The monoisotopic (exact) mass is 1130 g/mol. The van der Waals surface area contributed by atoms with Crippen LogP contribution < -0.4 is 0 Å². The van der Waals surface area contributed by atoms with E-state index in [0.29, 0.717) is 70.6 Å². The van der Waals surface area contributed by atoms with Crippen molar-refractivity contribution in [2.24, 2.45) is 23.7 Å². The molecule has 0 aromatic heterocycles. The van der Waals surface area contributed by atoms with Crippen molar-refractivity contribution >= 4 is 11.9 Å². The van der Waals surface area contributed by atoms with E-state index in [1.807, 2.05) is 0 Å². The molecule has 14 saturated heterocycles. The largest absolute Gasteiger partial charge is 0.481 e. The highest BCUT2D eigenvalue weighted by atomic mass is 16.8. The van der Waals surface area contributed by atoms with Crippen LogP contribution in [-0.4, -0.2) is 192 Å². The van der Waals surface area contributed by atoms with E-state index in [4.69, 9.17) is 71.1 Å². The highest BCUT2D eigenvalue weighted by Crippen LogP contribution is 2.57. The maximum atomic E-state index is 14.6. The van der Waals surface area contributed by atoms with Crippen LogP contribution in [0.5, 0.6) is 0 Å². The fourth-order valence-corrected chi connectivity index (χ4v) is 17.8. The van der Waals surface area contributed by atoms with Crippen LogP contribution in [0.3, 0.4) is 0 Å². The van der Waals surface area contributed by atoms with Crippen LogP contribution in [0.25, 0.3) is 0 Å². The predicted molar refractivity (Wildman–Crippen MR) is 276 cm³/mol. The first-order valence-electron chi connectivity index (χ1n) is 30.6. The Morgan fingerprint density at radius 3 is 2.08 bits per heavy atom. The Kier molecular flexibility index (Phi) is 14.4. The van der Waals surface area contributed by atoms with Gasteiger partial charge >= 0.3 is 11.9 Å². The van der Waals surface area contributed by atoms with Gasteiger partial charge in [0.15, 0.2) is 23.1 Å². The lowest BCUT2D eigenvalue weighted by Gasteiger charge is -2.54. The van der Waals surface area contributed by atoms with Crippen LogP contribution in [0.1, 0.15) is 150 Å². The topological polar surface area (TPSA) is 233 Å². The van der Waals surface area contributed by atoms with Crippen LogP contribution in [0.15, 0.2) is 24.3 Å². The Morgan fingerprint density at radius 1 is 0.588 bits per heavy atom. The van der Waals surface area contributed by atoms with Crippen molar-refractivity contribution in [3.63, 3.8) is 0 Å². The fourth-order valence-electron chi connectivity index (χ4n) is 17.8. The Bertz CT molecular complexity index is 2390. The van der Waals surface area contributed by atoms with Gasteiger partial charge in [-0.3, -0.25) is 9.59 Å². The number of hydrogen-bond donors (Lipinski definition) is 3. The van der Waals surface area contributed by atoms with Crippen molar-refractivity contribution in [3.8, 4) is 0 Å². The second kappa shape index (κ2) is 20.7. The molecule has 446 valence electrons. The summed E-state index contributed by atoms with van der Waals surface area (Å²) in [4.78, 5) is 26.1. The molecular formula is C60H86O20. The molecule has 14 rings (SSSR count). The predicted octanol–water partition coefficient (Wildman–Crippen LogP) is 5.61. The first-order valence-corrected chi connectivity index (χ1v) is 30.6. The lowest BCUT2D eigenvalue weighted by atomic mass is 9.78. The number of fused-ring (bicyclic) bond motifs is 13. The SMILES string of the molecule is C=C1CC2CC[C@]34C[C@@](O)(OC)C(O3)C3CC(O4)[C@H]4OC(CCC4O3)CC(=O)OC3[C@H](CC4OC(CCC1O2)C[C@@H](C)C4=C)O[C@H]1C[C@H]2O[C@@]4(CC5O[C@@]6(C[C@H](C)C5O4)C[C@H](C)C4OC(CC(=O)O)[C@H](O)C[C@@H]4O6)C[C@H]2O[C@H]1[C@@H]3C. The Labute approximate surface area is 468 Å². The van der Waals surface area contributed by atoms with E-state index < -0.39 is 96.3 Å². The molecule has 0 aliphatic carbocycles. The third-order valence-corrected chi connectivity index (χ3v) is 21.6. The zero-order valence-corrected chi connectivity index (χ0v) is 47.1. The highest BCUT2D eigenvalue weighted by molar-refractivity contribution is 5.70. The second-order valence-electron chi connectivity index (χ2n) is 27.3. The van der Waals surface area contributed by atoms with Crippen LogP contribution in [0.2, 0.25) is 0 Å². The summed E-state index contributed by atoms with van der Waals surface area (Å²) >= 11 is 0. The van der Waals surface area contributed by atoms with Gasteiger partial charge in [-0.15, -0.1) is 0 Å². The molecule has 0 radical (unpaired) electrons. The summed E-state index contributed by atoms with van der Waals surface area (Å²) in [6, 6.07) is 0. The molecule has 3 N–H and O–H groups in total. The van der Waals surface area contributed by atoms with Gasteiger partial charge in [0, 0.05) is 70.8 Å². The van der Waals surface area contributed by atoms with Crippen LogP contribution >= 0.6 is 0 Å². The molecule has 14 unspecified atom stereocenters. The number of aliphatic carboxylic acids is 1. The number of hydrogen-bond acceptors (Lipinski definition) is 19. The molecule has 0 aromatic rings. The van der Waals surface area contributed by atoms with Gasteiger partial charge in [0.05, 0.1) is 135 Å². The van der Waals surface area contributed by atoms with Gasteiger partial charge in [-0.2, -0.15) is 0 Å². The summed E-state index contributed by atoms with van der Waals surface area (Å²) < 4.78 is 102. The Hall–Kier alpha value is -2.22. The minimum atomic E-state index is -1.59. The van der Waals surface area contributed by atoms with E-state index in [1.165, 1.54) is 7.11 Å². The van der Waals surface area contributed by atoms with Crippen molar-refractivity contribution in [1.29, 1.82) is 0 Å². The van der Waals surface area contributed by atoms with E-state index in [2.05, 4.69) is 40.9 Å². The van der Waals surface area contributed by atoms with Crippen molar-refractivity contribution in [2.45, 2.75) is 307 Å². The number of carboxylic acid groups (broad SMARTS) is 1. The Morgan fingerprint density at radius 2 is 1.26 bits per heavy atom. The number of carboxylic acids is 1. The number of aliphatic hydroxyl groups excluding tert-OH is 1. The number of carbonyl (C=O) groups is 2. The molecule has 14 fully saturated rings. The van der Waals surface area contributed by atoms with Crippen molar-refractivity contribution < 1.29 is 96.0 Å². The molecule has 30 atom stereocenters. The first kappa shape index (κ1) is 55.6. The van der Waals surface area contributed by atoms with E-state index in [0.717, 1.165) is 36.8 Å². The molecule has 14 heterocycles. The molecule has 0 saturated carbocycles. The maximum Gasteiger partial charge on any atom is 0.308 e. The molecule has 14 aliphatic rings. The number of methoxy groups -OCH3 is 1. The number of ether oxygens (including phenoxy) is 15. The molecule has 20 heteroatoms. The van der Waals surface area contributed by atoms with Gasteiger partial charge < -0.3 is 86.4 Å². The number of aliphatic hydroxyl groups is 2. The molecule has 20 nitrogen and oxygen atoms in total. The summed E-state index contributed by atoms with van der Waals surface area (Å²) in [5, 5.41) is 32.3. The average molecular weight is 1130 g/mol. The lowest BCUT2D eigenvalue weighted by Crippen LogP contribution is -2.62. The van der Waals surface area contributed by atoms with Crippen molar-refractivity contribution in [1.82, 2.24) is 0 Å². The first-order chi connectivity index (χ1) is 38.2. The van der Waals surface area contributed by atoms with Crippen molar-refractivity contribution in [3.05, 3.63) is 24.3 Å². The third kappa shape index (κ3) is 9.91. The maximum absolute atomic E-state index is 14.6. The van der Waals surface area contributed by atoms with Gasteiger partial charge in [0.1, 0.15) is 18.3 Å². The van der Waals surface area contributed by atoms with Crippen molar-refractivity contribution in [2.75, 3.05) is 7.11 Å². The molecule has 14 aliphatic heterocycles. The summed E-state index contributed by atoms with van der Waals surface area (Å²) in [5.41, 5.74) is 2.07. The minimum absolute atomic E-state index is 0.00174. The summed E-state index contributed by atoms with van der Waals surface area (Å²) in [6.45, 7) is 17.6. The zero-order valence-electron chi connectivity index (χ0n) is 47.1. The lowest BCUT2D eigenvalue weighted by molar-refractivity contribution is -0.371. The summed E-state index contributed by atoms with van der Waals surface area (Å²) in [5.74, 6) is -6.03. The number of carbonyl (C=O) groups excluding carboxylic acids is 1. The number of rotatable bonds is 3. The van der Waals surface area contributed by atoms with Gasteiger partial charge in [0.2, 0.25) is 0 Å². The molecule has 0 aromatic carbocycles. The van der Waals surface area contributed by atoms with Gasteiger partial charge in [-0.25, -0.2) is 0 Å². The van der Waals surface area contributed by atoms with Crippen LogP contribution in [0, 0.1) is 23.7 Å². The second-order valence-corrected chi connectivity index (χ2v) is 27.3. The quantitative estimate of drug-likeness (QED) is 0.177. The smallest absolute Gasteiger partial charge is 0.308 e. The number of esters is 1. The Balaban J connectivity index is 0.690. The van der Waals surface area contributed by atoms with E-state index in [1.54, 1.807) is 0 Å². The normalized spacial score (nSPS) is 56.5. The molecular weight excluding hydrogens is 1040 g/mol. The van der Waals surface area contributed by atoms with E-state index >= 15 is 0 Å². The van der Waals surface area contributed by atoms with Gasteiger partial charge in [-0.1, -0.05) is 40.9 Å². The third-order valence-electron chi connectivity index (χ3n) is 21.6. The van der Waals surface area contributed by atoms with Crippen LogP contribution in [-0.2, 0) is 80.6 Å². The van der Waals surface area contributed by atoms with Gasteiger partial charge in [-0.05, 0) is 73.8 Å². The van der Waals surface area contributed by atoms with E-state index in [-0.39, 0.29) is 122 Å². The summed E-state index contributed by atoms with van der Waals surface area (Å²) in [7, 11) is 1.50.